The number of fused-ring (bicyclic) bond motifs is 1. The van der Waals surface area contributed by atoms with Crippen molar-refractivity contribution in [2.75, 3.05) is 6.54 Å². The van der Waals surface area contributed by atoms with Crippen LogP contribution in [0.2, 0.25) is 0 Å². The summed E-state index contributed by atoms with van der Waals surface area (Å²) in [5.41, 5.74) is 0. The van der Waals surface area contributed by atoms with Gasteiger partial charge in [-0.05, 0) is 23.6 Å². The first kappa shape index (κ1) is 13.8. The van der Waals surface area contributed by atoms with E-state index in [-0.39, 0.29) is 4.88 Å². The maximum absolute atomic E-state index is 13.0. The number of aliphatic hydroxyl groups is 1. The van der Waals surface area contributed by atoms with Crippen LogP contribution < -0.4 is 5.32 Å². The Bertz CT molecular complexity index is 600. The van der Waals surface area contributed by atoms with Gasteiger partial charge >= 0.3 is 0 Å². The van der Waals surface area contributed by atoms with E-state index in [1.165, 1.54) is 18.2 Å². The summed E-state index contributed by atoms with van der Waals surface area (Å²) < 4.78 is 37.7. The lowest BCUT2D eigenvalue weighted by Crippen LogP contribution is -2.35. The number of hydrogen-bond donors (Lipinski definition) is 2. The van der Waals surface area contributed by atoms with E-state index >= 15 is 0 Å². The van der Waals surface area contributed by atoms with E-state index in [0.29, 0.717) is 10.1 Å². The zero-order chi connectivity index (χ0) is 14.0. The maximum Gasteiger partial charge on any atom is 0.265 e. The number of rotatable bonds is 4. The number of carbonyl (C=O) groups is 1. The fraction of sp³-hybridized carbons (Fsp3) is 0.250. The van der Waals surface area contributed by atoms with Crippen molar-refractivity contribution in [3.63, 3.8) is 0 Å². The Labute approximate surface area is 110 Å². The Morgan fingerprint density at radius 1 is 1.37 bits per heavy atom. The number of thiophene rings is 1. The SMILES string of the molecule is O=C(NCC(O)C(F)F)c1cc2ccc(F)cc2s1. The van der Waals surface area contributed by atoms with Crippen LogP contribution in [0, 0.1) is 5.82 Å². The van der Waals surface area contributed by atoms with Crippen LogP contribution in [0.4, 0.5) is 13.2 Å². The Kier molecular flexibility index (Phi) is 4.06. The number of carbonyl (C=O) groups excluding carboxylic acids is 1. The summed E-state index contributed by atoms with van der Waals surface area (Å²) in [6.45, 7) is -0.529. The number of hydrogen-bond acceptors (Lipinski definition) is 3. The van der Waals surface area contributed by atoms with Crippen LogP contribution in [-0.4, -0.2) is 30.1 Å². The van der Waals surface area contributed by atoms with E-state index < -0.39 is 30.8 Å². The highest BCUT2D eigenvalue weighted by Gasteiger charge is 2.18. The lowest BCUT2D eigenvalue weighted by molar-refractivity contribution is -0.00268. The van der Waals surface area contributed by atoms with Crippen molar-refractivity contribution in [2.24, 2.45) is 0 Å². The predicted octanol–water partition coefficient (Wildman–Crippen LogP) is 2.40. The highest BCUT2D eigenvalue weighted by Crippen LogP contribution is 2.26. The van der Waals surface area contributed by atoms with Crippen LogP contribution in [0.3, 0.4) is 0 Å². The van der Waals surface area contributed by atoms with Crippen molar-refractivity contribution in [3.8, 4) is 0 Å². The minimum Gasteiger partial charge on any atom is -0.385 e. The lowest BCUT2D eigenvalue weighted by Gasteiger charge is -2.09. The van der Waals surface area contributed by atoms with Gasteiger partial charge in [-0.3, -0.25) is 4.79 Å². The highest BCUT2D eigenvalue weighted by atomic mass is 32.1. The molecule has 0 fully saturated rings. The first-order valence-electron chi connectivity index (χ1n) is 5.41. The van der Waals surface area contributed by atoms with Crippen LogP contribution >= 0.6 is 11.3 Å². The molecule has 7 heteroatoms. The molecule has 0 saturated heterocycles. The highest BCUT2D eigenvalue weighted by molar-refractivity contribution is 7.20. The summed E-state index contributed by atoms with van der Waals surface area (Å²) in [6, 6.07) is 5.65. The molecular weight excluding hydrogens is 279 g/mol. The number of halogens is 3. The number of aliphatic hydroxyl groups excluding tert-OH is 1. The van der Waals surface area contributed by atoms with Crippen molar-refractivity contribution >= 4 is 27.3 Å². The molecule has 19 heavy (non-hydrogen) atoms. The first-order valence-corrected chi connectivity index (χ1v) is 6.22. The molecular formula is C12H10F3NO2S. The standard InChI is InChI=1S/C12H10F3NO2S/c13-7-2-1-6-3-10(19-9(6)4-7)12(18)16-5-8(17)11(14)15/h1-4,8,11,17H,5H2,(H,16,18). The van der Waals surface area contributed by atoms with Gasteiger partial charge in [0.15, 0.2) is 0 Å². The number of nitrogens with one attached hydrogen (secondary N) is 1. The molecule has 1 atom stereocenters. The molecule has 0 spiro atoms. The molecule has 1 heterocycles. The van der Waals surface area contributed by atoms with Gasteiger partial charge in [0.1, 0.15) is 11.9 Å². The fourth-order valence-corrected chi connectivity index (χ4v) is 2.49. The molecule has 102 valence electrons. The third-order valence-corrected chi connectivity index (χ3v) is 3.57. The van der Waals surface area contributed by atoms with Crippen molar-refractivity contribution in [1.29, 1.82) is 0 Å². The van der Waals surface area contributed by atoms with Crippen LogP contribution in [0.5, 0.6) is 0 Å². The van der Waals surface area contributed by atoms with Gasteiger partial charge in [-0.2, -0.15) is 0 Å². The smallest absolute Gasteiger partial charge is 0.265 e. The molecule has 0 saturated carbocycles. The van der Waals surface area contributed by atoms with Gasteiger partial charge < -0.3 is 10.4 Å². The largest absolute Gasteiger partial charge is 0.385 e. The Hall–Kier alpha value is -1.60. The van der Waals surface area contributed by atoms with Crippen molar-refractivity contribution in [1.82, 2.24) is 5.32 Å². The monoisotopic (exact) mass is 289 g/mol. The van der Waals surface area contributed by atoms with Crippen LogP contribution in [0.15, 0.2) is 24.3 Å². The van der Waals surface area contributed by atoms with Crippen molar-refractivity contribution in [3.05, 3.63) is 35.0 Å². The average molecular weight is 289 g/mol. The second kappa shape index (κ2) is 5.58. The summed E-state index contributed by atoms with van der Waals surface area (Å²) >= 11 is 1.06. The molecule has 1 unspecified atom stereocenters. The van der Waals surface area contributed by atoms with Gasteiger partial charge in [-0.1, -0.05) is 6.07 Å². The molecule has 0 bridgehead atoms. The minimum atomic E-state index is -2.91. The van der Waals surface area contributed by atoms with Gasteiger partial charge in [0.05, 0.1) is 4.88 Å². The molecule has 3 nitrogen and oxygen atoms in total. The molecule has 1 aromatic carbocycles. The molecule has 2 N–H and O–H groups in total. The fourth-order valence-electron chi connectivity index (χ4n) is 1.49. The van der Waals surface area contributed by atoms with Crippen molar-refractivity contribution in [2.45, 2.75) is 12.5 Å². The molecule has 0 aliphatic heterocycles. The number of alkyl halides is 2. The Balaban J connectivity index is 2.09. The summed E-state index contributed by atoms with van der Waals surface area (Å²) in [5, 5.41) is 11.8. The Morgan fingerprint density at radius 2 is 2.11 bits per heavy atom. The lowest BCUT2D eigenvalue weighted by atomic mass is 10.2. The van der Waals surface area contributed by atoms with E-state index in [0.717, 1.165) is 11.3 Å². The topological polar surface area (TPSA) is 49.3 Å². The van der Waals surface area contributed by atoms with Crippen LogP contribution in [0.25, 0.3) is 10.1 Å². The summed E-state index contributed by atoms with van der Waals surface area (Å²) in [4.78, 5) is 12.0. The van der Waals surface area contributed by atoms with Crippen molar-refractivity contribution < 1.29 is 23.1 Å². The molecule has 1 aromatic heterocycles. The zero-order valence-corrected chi connectivity index (χ0v) is 10.4. The van der Waals surface area contributed by atoms with Gasteiger partial charge in [-0.15, -0.1) is 11.3 Å². The molecule has 2 aromatic rings. The molecule has 0 aliphatic carbocycles. The van der Waals surface area contributed by atoms with E-state index in [4.69, 9.17) is 5.11 Å². The normalized spacial score (nSPS) is 12.9. The third-order valence-electron chi connectivity index (χ3n) is 2.47. The second-order valence-corrected chi connectivity index (χ2v) is 4.99. The molecule has 0 radical (unpaired) electrons. The van der Waals surface area contributed by atoms with Gasteiger partial charge in [0.2, 0.25) is 0 Å². The molecule has 1 amide bonds. The van der Waals surface area contributed by atoms with Crippen LogP contribution in [-0.2, 0) is 0 Å². The Morgan fingerprint density at radius 3 is 2.79 bits per heavy atom. The average Bonchev–Trinajstić information content (AvgIpc) is 2.78. The van der Waals surface area contributed by atoms with Crippen LogP contribution in [0.1, 0.15) is 9.67 Å². The third kappa shape index (κ3) is 3.24. The van der Waals surface area contributed by atoms with E-state index in [1.807, 2.05) is 0 Å². The summed E-state index contributed by atoms with van der Waals surface area (Å²) in [6.07, 6.45) is -4.80. The van der Waals surface area contributed by atoms with Gasteiger partial charge in [0, 0.05) is 11.2 Å². The van der Waals surface area contributed by atoms with E-state index in [1.54, 1.807) is 6.07 Å². The van der Waals surface area contributed by atoms with Gasteiger partial charge in [0.25, 0.3) is 12.3 Å². The first-order chi connectivity index (χ1) is 8.97. The van der Waals surface area contributed by atoms with E-state index in [2.05, 4.69) is 5.32 Å². The number of benzene rings is 1. The second-order valence-electron chi connectivity index (χ2n) is 3.90. The zero-order valence-electron chi connectivity index (χ0n) is 9.57. The maximum atomic E-state index is 13.0. The summed E-state index contributed by atoms with van der Waals surface area (Å²) in [5.74, 6) is -0.976. The predicted molar refractivity (Wildman–Crippen MR) is 66.1 cm³/mol. The molecule has 2 rings (SSSR count). The quantitative estimate of drug-likeness (QED) is 0.908. The summed E-state index contributed by atoms with van der Waals surface area (Å²) in [7, 11) is 0. The van der Waals surface area contributed by atoms with Gasteiger partial charge in [-0.25, -0.2) is 13.2 Å². The minimum absolute atomic E-state index is 0.280. The number of amides is 1. The molecule has 0 aliphatic rings. The van der Waals surface area contributed by atoms with E-state index in [9.17, 15) is 18.0 Å².